The molecule has 3 rings (SSSR count). The molecule has 1 N–H and O–H groups in total. The van der Waals surface area contributed by atoms with Crippen molar-refractivity contribution in [3.05, 3.63) is 0 Å². The minimum atomic E-state index is -5.92. The molecule has 1 spiro atoms. The highest BCUT2D eigenvalue weighted by Crippen LogP contribution is 2.72. The summed E-state index contributed by atoms with van der Waals surface area (Å²) in [6.07, 6.45) is 0.134. The molecular weight excluding hydrogens is 350 g/mol. The second-order valence-electron chi connectivity index (χ2n) is 7.38. The van der Waals surface area contributed by atoms with Crippen LogP contribution in [0.25, 0.3) is 0 Å². The Labute approximate surface area is 138 Å². The normalized spacial score (nSPS) is 37.1. The summed E-state index contributed by atoms with van der Waals surface area (Å²) in [4.78, 5) is 11.8. The van der Waals surface area contributed by atoms with E-state index in [0.717, 1.165) is 0 Å². The molecule has 2 bridgehead atoms. The highest BCUT2D eigenvalue weighted by Gasteiger charge is 2.78. The van der Waals surface area contributed by atoms with Crippen molar-refractivity contribution in [1.82, 2.24) is 0 Å². The maximum absolute atomic E-state index is 13.6. The van der Waals surface area contributed by atoms with E-state index in [-0.39, 0.29) is 19.1 Å². The fraction of sp³-hybridized carbons (Fsp3) is 0.929. The molecule has 0 aromatic carbocycles. The number of fused-ring (bicyclic) bond motifs is 3. The van der Waals surface area contributed by atoms with Gasteiger partial charge in [-0.2, -0.15) is 17.2 Å². The average Bonchev–Trinajstić information content (AvgIpc) is 3.04. The quantitative estimate of drug-likeness (QED) is 0.595. The monoisotopic (exact) mass is 370 g/mol. The lowest BCUT2D eigenvalue weighted by Crippen LogP contribution is -2.57. The molecule has 0 radical (unpaired) electrons. The van der Waals surface area contributed by atoms with Crippen LogP contribution in [0.3, 0.4) is 0 Å². The van der Waals surface area contributed by atoms with Crippen LogP contribution in [0.5, 0.6) is 0 Å². The first-order valence-corrected chi connectivity index (χ1v) is 9.09. The van der Waals surface area contributed by atoms with Crippen LogP contribution in [-0.2, 0) is 29.1 Å². The van der Waals surface area contributed by atoms with Crippen molar-refractivity contribution in [2.75, 3.05) is 13.2 Å². The molecule has 10 heteroatoms. The Morgan fingerprint density at radius 3 is 2.29 bits per heavy atom. The lowest BCUT2D eigenvalue weighted by atomic mass is 9.68. The summed E-state index contributed by atoms with van der Waals surface area (Å²) in [5.41, 5.74) is -1.02. The van der Waals surface area contributed by atoms with Crippen molar-refractivity contribution < 1.29 is 40.8 Å². The van der Waals surface area contributed by atoms with Crippen LogP contribution in [-0.4, -0.2) is 49.3 Å². The van der Waals surface area contributed by atoms with E-state index in [9.17, 15) is 22.0 Å². The molecule has 0 amide bonds. The van der Waals surface area contributed by atoms with Gasteiger partial charge in [-0.3, -0.25) is 4.55 Å². The third-order valence-corrected chi connectivity index (χ3v) is 7.14. The first-order chi connectivity index (χ1) is 10.8. The van der Waals surface area contributed by atoms with E-state index in [1.54, 1.807) is 0 Å². The van der Waals surface area contributed by atoms with Crippen LogP contribution in [0.1, 0.15) is 33.6 Å². The van der Waals surface area contributed by atoms with Crippen LogP contribution < -0.4 is 0 Å². The average molecular weight is 370 g/mol. The summed E-state index contributed by atoms with van der Waals surface area (Å²) in [5.74, 6) is -4.04. The Morgan fingerprint density at radius 2 is 1.79 bits per heavy atom. The zero-order valence-corrected chi connectivity index (χ0v) is 14.4. The molecule has 2 saturated carbocycles. The minimum Gasteiger partial charge on any atom is -0.451 e. The van der Waals surface area contributed by atoms with Gasteiger partial charge in [0.2, 0.25) is 5.79 Å². The van der Waals surface area contributed by atoms with E-state index in [1.165, 1.54) is 0 Å². The number of alkyl halides is 2. The Balaban J connectivity index is 1.98. The predicted octanol–water partition coefficient (Wildman–Crippen LogP) is 1.58. The Kier molecular flexibility index (Phi) is 3.64. The SMILES string of the molecule is CC1(C)C2CCC1(C)C1(OCCO1)C2OC(=O)C(F)(F)S(=O)(=O)O. The van der Waals surface area contributed by atoms with Gasteiger partial charge in [0.05, 0.1) is 13.2 Å². The number of ether oxygens (including phenoxy) is 3. The van der Waals surface area contributed by atoms with Gasteiger partial charge in [-0.05, 0) is 18.3 Å². The molecule has 3 aliphatic rings. The molecule has 24 heavy (non-hydrogen) atoms. The molecule has 2 aliphatic carbocycles. The van der Waals surface area contributed by atoms with E-state index in [4.69, 9.17) is 18.8 Å². The molecule has 1 aliphatic heterocycles. The van der Waals surface area contributed by atoms with E-state index in [0.29, 0.717) is 12.8 Å². The van der Waals surface area contributed by atoms with Crippen molar-refractivity contribution in [3.63, 3.8) is 0 Å². The molecule has 3 atom stereocenters. The van der Waals surface area contributed by atoms with Gasteiger partial charge in [0.15, 0.2) is 6.10 Å². The summed E-state index contributed by atoms with van der Waals surface area (Å²) < 4.78 is 73.7. The first kappa shape index (κ1) is 18.0. The molecular formula is C14H20F2O7S. The Hall–Kier alpha value is -0.840. The van der Waals surface area contributed by atoms with E-state index in [1.807, 2.05) is 20.8 Å². The maximum atomic E-state index is 13.6. The number of carbonyl (C=O) groups excluding carboxylic acids is 1. The summed E-state index contributed by atoms with van der Waals surface area (Å²) in [6, 6.07) is 0. The van der Waals surface area contributed by atoms with Gasteiger partial charge in [0.25, 0.3) is 0 Å². The molecule has 3 unspecified atom stereocenters. The standard InChI is InChI=1S/C14H20F2O7S/c1-11(2)8-4-5-12(11,3)13(21-6-7-22-13)9(8)23-10(17)14(15,16)24(18,19)20/h8-9H,4-7H2,1-3H3,(H,18,19,20). The summed E-state index contributed by atoms with van der Waals surface area (Å²) in [5, 5.41) is -5.04. The summed E-state index contributed by atoms with van der Waals surface area (Å²) in [7, 11) is -5.92. The number of hydrogen-bond donors (Lipinski definition) is 1. The lowest BCUT2D eigenvalue weighted by molar-refractivity contribution is -0.284. The van der Waals surface area contributed by atoms with Crippen molar-refractivity contribution in [1.29, 1.82) is 0 Å². The number of esters is 1. The third-order valence-electron chi connectivity index (χ3n) is 6.33. The number of hydrogen-bond acceptors (Lipinski definition) is 6. The van der Waals surface area contributed by atoms with Gasteiger partial charge >= 0.3 is 21.3 Å². The van der Waals surface area contributed by atoms with Crippen LogP contribution in [0.4, 0.5) is 8.78 Å². The van der Waals surface area contributed by atoms with E-state index in [2.05, 4.69) is 0 Å². The number of halogens is 2. The van der Waals surface area contributed by atoms with Gasteiger partial charge in [-0.15, -0.1) is 0 Å². The maximum Gasteiger partial charge on any atom is 0.465 e. The fourth-order valence-electron chi connectivity index (χ4n) is 4.63. The van der Waals surface area contributed by atoms with Gasteiger partial charge in [0, 0.05) is 11.3 Å². The van der Waals surface area contributed by atoms with Gasteiger partial charge in [-0.1, -0.05) is 20.8 Å². The summed E-state index contributed by atoms with van der Waals surface area (Å²) in [6.45, 7) is 6.19. The zero-order chi connectivity index (χ0) is 18.2. The smallest absolute Gasteiger partial charge is 0.451 e. The second kappa shape index (κ2) is 4.87. The highest BCUT2D eigenvalue weighted by atomic mass is 32.2. The second-order valence-corrected chi connectivity index (χ2v) is 8.84. The van der Waals surface area contributed by atoms with Crippen molar-refractivity contribution in [3.8, 4) is 0 Å². The van der Waals surface area contributed by atoms with Crippen LogP contribution in [0.15, 0.2) is 0 Å². The fourth-order valence-corrected chi connectivity index (χ4v) is 4.89. The molecule has 0 aromatic rings. The van der Waals surface area contributed by atoms with Crippen LogP contribution in [0, 0.1) is 16.7 Å². The highest BCUT2D eigenvalue weighted by molar-refractivity contribution is 7.87. The topological polar surface area (TPSA) is 99.1 Å². The molecule has 0 aromatic heterocycles. The third kappa shape index (κ3) is 1.91. The Morgan fingerprint density at radius 1 is 1.25 bits per heavy atom. The van der Waals surface area contributed by atoms with Crippen molar-refractivity contribution in [2.45, 2.75) is 50.8 Å². The zero-order valence-electron chi connectivity index (χ0n) is 13.5. The van der Waals surface area contributed by atoms with Crippen molar-refractivity contribution in [2.24, 2.45) is 16.7 Å². The Bertz CT molecular complexity index is 669. The van der Waals surface area contributed by atoms with Crippen molar-refractivity contribution >= 4 is 16.1 Å². The first-order valence-electron chi connectivity index (χ1n) is 7.65. The predicted molar refractivity (Wildman–Crippen MR) is 75.6 cm³/mol. The molecule has 7 nitrogen and oxygen atoms in total. The van der Waals surface area contributed by atoms with E-state index >= 15 is 0 Å². The van der Waals surface area contributed by atoms with Gasteiger partial charge in [-0.25, -0.2) is 4.79 Å². The summed E-state index contributed by atoms with van der Waals surface area (Å²) >= 11 is 0. The molecule has 1 saturated heterocycles. The van der Waals surface area contributed by atoms with E-state index < -0.39 is 44.1 Å². The molecule has 138 valence electrons. The number of rotatable bonds is 3. The van der Waals surface area contributed by atoms with Gasteiger partial charge < -0.3 is 14.2 Å². The molecule has 3 fully saturated rings. The van der Waals surface area contributed by atoms with Gasteiger partial charge in [0.1, 0.15) is 0 Å². The minimum absolute atomic E-state index is 0.223. The molecule has 1 heterocycles. The number of carbonyl (C=O) groups is 1. The van der Waals surface area contributed by atoms with Crippen LogP contribution in [0.2, 0.25) is 0 Å². The largest absolute Gasteiger partial charge is 0.465 e. The van der Waals surface area contributed by atoms with Crippen LogP contribution >= 0.6 is 0 Å². The lowest BCUT2D eigenvalue weighted by Gasteiger charge is -2.46.